The van der Waals surface area contributed by atoms with Gasteiger partial charge in [0, 0.05) is 22.8 Å². The molecule has 2 N–H and O–H groups in total. The van der Waals surface area contributed by atoms with Crippen LogP contribution in [0.5, 0.6) is 0 Å². The second kappa shape index (κ2) is 6.38. The summed E-state index contributed by atoms with van der Waals surface area (Å²) < 4.78 is 0. The van der Waals surface area contributed by atoms with Gasteiger partial charge in [0.2, 0.25) is 0 Å². The van der Waals surface area contributed by atoms with Gasteiger partial charge in [-0.25, -0.2) is 4.98 Å². The quantitative estimate of drug-likeness (QED) is 0.518. The van der Waals surface area contributed by atoms with Crippen molar-refractivity contribution in [2.75, 3.05) is 5.32 Å². The zero-order valence-electron chi connectivity index (χ0n) is 13.0. The molecule has 0 saturated heterocycles. The zero-order chi connectivity index (χ0) is 16.4. The molecule has 0 spiro atoms. The predicted octanol–water partition coefficient (Wildman–Crippen LogP) is 5.50. The number of imidazole rings is 1. The highest BCUT2D eigenvalue weighted by molar-refractivity contribution is 6.30. The van der Waals surface area contributed by atoms with Crippen LogP contribution in [0.4, 0.5) is 5.69 Å². The van der Waals surface area contributed by atoms with Crippen molar-refractivity contribution >= 4 is 28.3 Å². The maximum absolute atomic E-state index is 5.90. The van der Waals surface area contributed by atoms with Crippen LogP contribution in [0.25, 0.3) is 22.4 Å². The van der Waals surface area contributed by atoms with Crippen LogP contribution < -0.4 is 5.32 Å². The molecule has 3 nitrogen and oxygen atoms in total. The summed E-state index contributed by atoms with van der Waals surface area (Å²) in [5.41, 5.74) is 5.38. The van der Waals surface area contributed by atoms with E-state index in [4.69, 9.17) is 11.6 Å². The van der Waals surface area contributed by atoms with Gasteiger partial charge in [-0.15, -0.1) is 0 Å². The van der Waals surface area contributed by atoms with E-state index in [1.54, 1.807) is 0 Å². The molecule has 0 radical (unpaired) electrons. The SMILES string of the molecule is Clc1ccc(CNc2ccc(-c3nc4ccccc4[nH]3)cc2)cc1. The Balaban J connectivity index is 1.48. The fourth-order valence-corrected chi connectivity index (χ4v) is 2.77. The predicted molar refractivity (Wildman–Crippen MR) is 100 cm³/mol. The lowest BCUT2D eigenvalue weighted by Gasteiger charge is -2.07. The number of anilines is 1. The number of aromatic nitrogens is 2. The number of H-pyrrole nitrogens is 1. The molecular weight excluding hydrogens is 318 g/mol. The number of hydrogen-bond acceptors (Lipinski definition) is 2. The Morgan fingerprint density at radius 2 is 1.62 bits per heavy atom. The summed E-state index contributed by atoms with van der Waals surface area (Å²) in [5, 5.41) is 4.17. The molecule has 0 saturated carbocycles. The summed E-state index contributed by atoms with van der Waals surface area (Å²) >= 11 is 5.90. The second-order valence-corrected chi connectivity index (χ2v) is 6.10. The van der Waals surface area contributed by atoms with E-state index in [2.05, 4.69) is 39.6 Å². The third-order valence-electron chi connectivity index (χ3n) is 3.96. The van der Waals surface area contributed by atoms with Gasteiger partial charge in [0.1, 0.15) is 5.82 Å². The Bertz CT molecular complexity index is 923. The molecule has 1 heterocycles. The van der Waals surface area contributed by atoms with Gasteiger partial charge in [-0.2, -0.15) is 0 Å². The molecule has 4 rings (SSSR count). The highest BCUT2D eigenvalue weighted by Crippen LogP contribution is 2.22. The van der Waals surface area contributed by atoms with Crippen LogP contribution in [-0.4, -0.2) is 9.97 Å². The largest absolute Gasteiger partial charge is 0.381 e. The summed E-state index contributed by atoms with van der Waals surface area (Å²) in [5.74, 6) is 0.889. The van der Waals surface area contributed by atoms with Crippen molar-refractivity contribution in [2.45, 2.75) is 6.54 Å². The minimum absolute atomic E-state index is 0.758. The van der Waals surface area contributed by atoms with E-state index in [1.807, 2.05) is 48.5 Å². The number of rotatable bonds is 4. The van der Waals surface area contributed by atoms with Gasteiger partial charge in [-0.1, -0.05) is 35.9 Å². The Morgan fingerprint density at radius 3 is 2.38 bits per heavy atom. The van der Waals surface area contributed by atoms with E-state index < -0.39 is 0 Å². The first-order valence-electron chi connectivity index (χ1n) is 7.81. The van der Waals surface area contributed by atoms with Gasteiger partial charge in [0.25, 0.3) is 0 Å². The Morgan fingerprint density at radius 1 is 0.875 bits per heavy atom. The van der Waals surface area contributed by atoms with Crippen molar-refractivity contribution in [3.63, 3.8) is 0 Å². The van der Waals surface area contributed by atoms with Crippen molar-refractivity contribution in [2.24, 2.45) is 0 Å². The molecule has 4 heteroatoms. The minimum atomic E-state index is 0.758. The number of nitrogens with one attached hydrogen (secondary N) is 2. The molecule has 0 bridgehead atoms. The van der Waals surface area contributed by atoms with Gasteiger partial charge in [0.05, 0.1) is 11.0 Å². The van der Waals surface area contributed by atoms with Gasteiger partial charge in [0.15, 0.2) is 0 Å². The second-order valence-electron chi connectivity index (χ2n) is 5.66. The summed E-state index contributed by atoms with van der Waals surface area (Å²) in [7, 11) is 0. The molecule has 118 valence electrons. The number of hydrogen-bond donors (Lipinski definition) is 2. The van der Waals surface area contributed by atoms with Crippen molar-refractivity contribution in [3.8, 4) is 11.4 Å². The van der Waals surface area contributed by atoms with E-state index in [1.165, 1.54) is 5.56 Å². The molecule has 0 amide bonds. The van der Waals surface area contributed by atoms with Gasteiger partial charge < -0.3 is 10.3 Å². The monoisotopic (exact) mass is 333 g/mol. The van der Waals surface area contributed by atoms with Crippen LogP contribution in [0.2, 0.25) is 5.02 Å². The number of benzene rings is 3. The maximum atomic E-state index is 5.90. The van der Waals surface area contributed by atoms with Crippen molar-refractivity contribution in [1.29, 1.82) is 0 Å². The Hall–Kier alpha value is -2.78. The van der Waals surface area contributed by atoms with Crippen LogP contribution in [0.3, 0.4) is 0 Å². The number of halogens is 1. The highest BCUT2D eigenvalue weighted by atomic mass is 35.5. The number of para-hydroxylation sites is 2. The van der Waals surface area contributed by atoms with Crippen LogP contribution in [0, 0.1) is 0 Å². The first kappa shape index (κ1) is 14.8. The first-order chi connectivity index (χ1) is 11.8. The summed E-state index contributed by atoms with van der Waals surface area (Å²) in [6, 6.07) is 24.2. The molecule has 0 aliphatic rings. The van der Waals surface area contributed by atoms with E-state index >= 15 is 0 Å². The number of nitrogens with zero attached hydrogens (tertiary/aromatic N) is 1. The maximum Gasteiger partial charge on any atom is 0.138 e. The van der Waals surface area contributed by atoms with Crippen molar-refractivity contribution in [3.05, 3.63) is 83.4 Å². The van der Waals surface area contributed by atoms with E-state index in [9.17, 15) is 0 Å². The van der Waals surface area contributed by atoms with Crippen LogP contribution in [0.15, 0.2) is 72.8 Å². The summed E-state index contributed by atoms with van der Waals surface area (Å²) in [6.07, 6.45) is 0. The Kier molecular flexibility index (Phi) is 3.93. The Labute approximate surface area is 145 Å². The van der Waals surface area contributed by atoms with Gasteiger partial charge in [-0.05, 0) is 54.1 Å². The van der Waals surface area contributed by atoms with E-state index in [0.29, 0.717) is 0 Å². The van der Waals surface area contributed by atoms with Crippen LogP contribution in [0.1, 0.15) is 5.56 Å². The molecular formula is C20H16ClN3. The van der Waals surface area contributed by atoms with E-state index in [-0.39, 0.29) is 0 Å². The average molecular weight is 334 g/mol. The first-order valence-corrected chi connectivity index (χ1v) is 8.19. The molecule has 24 heavy (non-hydrogen) atoms. The topological polar surface area (TPSA) is 40.7 Å². The molecule has 1 aromatic heterocycles. The third kappa shape index (κ3) is 3.12. The normalized spacial score (nSPS) is 10.9. The lowest BCUT2D eigenvalue weighted by molar-refractivity contribution is 1.15. The summed E-state index contributed by atoms with van der Waals surface area (Å²) in [4.78, 5) is 7.98. The van der Waals surface area contributed by atoms with Crippen LogP contribution in [-0.2, 0) is 6.54 Å². The van der Waals surface area contributed by atoms with Crippen LogP contribution >= 0.6 is 11.6 Å². The lowest BCUT2D eigenvalue weighted by Crippen LogP contribution is -1.98. The standard InChI is InChI=1S/C20H16ClN3/c21-16-9-5-14(6-10-16)13-22-17-11-7-15(8-12-17)20-23-18-3-1-2-4-19(18)24-20/h1-12,22H,13H2,(H,23,24). The average Bonchev–Trinajstić information content (AvgIpc) is 3.06. The van der Waals surface area contributed by atoms with E-state index in [0.717, 1.165) is 39.7 Å². The molecule has 0 aliphatic carbocycles. The van der Waals surface area contributed by atoms with Gasteiger partial charge >= 0.3 is 0 Å². The molecule has 3 aromatic carbocycles. The minimum Gasteiger partial charge on any atom is -0.381 e. The molecule has 0 atom stereocenters. The van der Waals surface area contributed by atoms with Crippen molar-refractivity contribution < 1.29 is 0 Å². The third-order valence-corrected chi connectivity index (χ3v) is 4.21. The molecule has 0 fully saturated rings. The molecule has 4 aromatic rings. The fraction of sp³-hybridized carbons (Fsp3) is 0.0500. The lowest BCUT2D eigenvalue weighted by atomic mass is 10.2. The summed E-state index contributed by atoms with van der Waals surface area (Å²) in [6.45, 7) is 0.765. The fourth-order valence-electron chi connectivity index (χ4n) is 2.64. The number of fused-ring (bicyclic) bond motifs is 1. The molecule has 0 aliphatic heterocycles. The highest BCUT2D eigenvalue weighted by Gasteiger charge is 2.04. The van der Waals surface area contributed by atoms with Gasteiger partial charge in [-0.3, -0.25) is 0 Å². The number of aromatic amines is 1. The molecule has 0 unspecified atom stereocenters. The van der Waals surface area contributed by atoms with Crippen molar-refractivity contribution in [1.82, 2.24) is 9.97 Å². The zero-order valence-corrected chi connectivity index (χ0v) is 13.7. The smallest absolute Gasteiger partial charge is 0.138 e.